The van der Waals surface area contributed by atoms with Crippen LogP contribution in [0.3, 0.4) is 0 Å². The summed E-state index contributed by atoms with van der Waals surface area (Å²) < 4.78 is 22.6. The van der Waals surface area contributed by atoms with Crippen molar-refractivity contribution in [2.75, 3.05) is 0 Å². The van der Waals surface area contributed by atoms with Gasteiger partial charge in [0.1, 0.15) is 9.50 Å². The molecule has 1 aromatic heterocycles. The molecule has 3 nitrogen and oxygen atoms in total. The minimum absolute atomic E-state index is 0.102. The highest BCUT2D eigenvalue weighted by Gasteiger charge is 2.38. The lowest BCUT2D eigenvalue weighted by Crippen LogP contribution is -2.18. The van der Waals surface area contributed by atoms with E-state index in [1.807, 2.05) is 0 Å². The van der Waals surface area contributed by atoms with Crippen molar-refractivity contribution in [2.24, 2.45) is 0 Å². The van der Waals surface area contributed by atoms with E-state index < -0.39 is 11.3 Å². The molecule has 0 unspecified atom stereocenters. The molecule has 0 saturated carbocycles. The van der Waals surface area contributed by atoms with E-state index >= 15 is 0 Å². The molecule has 0 saturated heterocycles. The predicted molar refractivity (Wildman–Crippen MR) is 68.6 cm³/mol. The van der Waals surface area contributed by atoms with Crippen molar-refractivity contribution >= 4 is 73.6 Å². The fraction of sp³-hybridized carbons (Fsp3) is 0.167. The summed E-state index contributed by atoms with van der Waals surface area (Å²) in [6.45, 7) is 0. The number of alkyl halides is 3. The molecule has 0 amide bonds. The first kappa shape index (κ1) is 13.1. The van der Waals surface area contributed by atoms with E-state index in [-0.39, 0.29) is 9.50 Å². The highest BCUT2D eigenvalue weighted by molar-refractivity contribution is 9.42. The van der Waals surface area contributed by atoms with E-state index in [1.54, 1.807) is 6.07 Å². The Morgan fingerprint density at radius 2 is 1.86 bits per heavy atom. The van der Waals surface area contributed by atoms with Crippen molar-refractivity contribution in [1.29, 1.82) is 0 Å². The van der Waals surface area contributed by atoms with Gasteiger partial charge in [-0.1, -0.05) is 0 Å². The summed E-state index contributed by atoms with van der Waals surface area (Å²) >= 11 is 12.0. The maximum atomic E-state index is 11.9. The molecule has 0 atom stereocenters. The first-order valence-corrected chi connectivity index (χ1v) is 7.84. The van der Waals surface area contributed by atoms with Crippen LogP contribution in [-0.2, 0) is 9.84 Å². The highest BCUT2D eigenvalue weighted by Crippen LogP contribution is 2.44. The summed E-state index contributed by atoms with van der Waals surface area (Å²) in [5.74, 6) is 0. The molecule has 0 fully saturated rings. The molecular weight excluding hydrogens is 470 g/mol. The van der Waals surface area contributed by atoms with Crippen LogP contribution in [0.5, 0.6) is 0 Å². The van der Waals surface area contributed by atoms with Crippen LogP contribution in [0.25, 0.3) is 0 Å². The quantitative estimate of drug-likeness (QED) is 0.465. The zero-order valence-electron chi connectivity index (χ0n) is 6.42. The number of pyridine rings is 1. The summed E-state index contributed by atoms with van der Waals surface area (Å²) in [6.07, 6.45) is 1.50. The average Bonchev–Trinajstić information content (AvgIpc) is 2.02. The van der Waals surface area contributed by atoms with Crippen molar-refractivity contribution in [3.8, 4) is 0 Å². The molecule has 0 N–H and O–H groups in total. The first-order chi connectivity index (χ1) is 6.27. The standard InChI is InChI=1S/C6H3Br4NO2S/c7-5-4(2-1-3-11-5)14(12,13)6(8,9)10/h1-3H. The smallest absolute Gasteiger partial charge is 0.239 e. The number of aromatic nitrogens is 1. The third-order valence-electron chi connectivity index (χ3n) is 1.32. The Morgan fingerprint density at radius 1 is 1.29 bits per heavy atom. The summed E-state index contributed by atoms with van der Waals surface area (Å²) in [6, 6.07) is 3.02. The lowest BCUT2D eigenvalue weighted by atomic mass is 10.5. The zero-order valence-corrected chi connectivity index (χ0v) is 13.6. The number of sulfone groups is 1. The molecule has 0 aromatic carbocycles. The second kappa shape index (κ2) is 4.48. The van der Waals surface area contributed by atoms with E-state index in [0.717, 1.165) is 0 Å². The molecule has 1 aromatic rings. The predicted octanol–water partition coefficient (Wildman–Crippen LogP) is 3.41. The molecule has 0 bridgehead atoms. The van der Waals surface area contributed by atoms with Gasteiger partial charge in [-0.05, 0) is 75.9 Å². The minimum Gasteiger partial charge on any atom is -0.248 e. The van der Waals surface area contributed by atoms with Crippen LogP contribution in [-0.4, -0.2) is 14.9 Å². The molecule has 0 radical (unpaired) electrons. The van der Waals surface area contributed by atoms with Crippen molar-refractivity contribution < 1.29 is 8.42 Å². The maximum Gasteiger partial charge on any atom is 0.239 e. The molecule has 8 heteroatoms. The van der Waals surface area contributed by atoms with E-state index in [0.29, 0.717) is 0 Å². The minimum atomic E-state index is -3.57. The summed E-state index contributed by atoms with van der Waals surface area (Å²) in [5.41, 5.74) is 0. The third-order valence-corrected chi connectivity index (χ3v) is 7.57. The molecule has 78 valence electrons. The molecule has 14 heavy (non-hydrogen) atoms. The topological polar surface area (TPSA) is 47.0 Å². The Morgan fingerprint density at radius 3 is 2.29 bits per heavy atom. The van der Waals surface area contributed by atoms with Crippen LogP contribution >= 0.6 is 63.7 Å². The fourth-order valence-corrected chi connectivity index (χ4v) is 3.94. The lowest BCUT2D eigenvalue weighted by molar-refractivity contribution is 0.598. The first-order valence-electron chi connectivity index (χ1n) is 3.18. The van der Waals surface area contributed by atoms with Crippen LogP contribution in [0.15, 0.2) is 27.8 Å². The van der Waals surface area contributed by atoms with Gasteiger partial charge >= 0.3 is 0 Å². The molecular formula is C6H3Br4NO2S. The number of hydrogen-bond acceptors (Lipinski definition) is 3. The van der Waals surface area contributed by atoms with Crippen molar-refractivity contribution in [2.45, 2.75) is 6.37 Å². The SMILES string of the molecule is O=S(=O)(c1cccnc1Br)C(Br)(Br)Br. The average molecular weight is 473 g/mol. The summed E-state index contributed by atoms with van der Waals surface area (Å²) in [7, 11) is -3.57. The van der Waals surface area contributed by atoms with Gasteiger partial charge in [0.25, 0.3) is 0 Å². The van der Waals surface area contributed by atoms with Gasteiger partial charge in [0.2, 0.25) is 11.3 Å². The third kappa shape index (κ3) is 2.58. The van der Waals surface area contributed by atoms with Gasteiger partial charge in [-0.3, -0.25) is 0 Å². The summed E-state index contributed by atoms with van der Waals surface area (Å²) in [4.78, 5) is 3.94. The van der Waals surface area contributed by atoms with Crippen molar-refractivity contribution in [3.63, 3.8) is 0 Å². The van der Waals surface area contributed by atoms with Gasteiger partial charge in [-0.25, -0.2) is 13.4 Å². The lowest BCUT2D eigenvalue weighted by Gasteiger charge is -2.13. The Balaban J connectivity index is 3.40. The van der Waals surface area contributed by atoms with E-state index in [1.165, 1.54) is 12.3 Å². The maximum absolute atomic E-state index is 11.9. The van der Waals surface area contributed by atoms with E-state index in [2.05, 4.69) is 68.7 Å². The van der Waals surface area contributed by atoms with Gasteiger partial charge in [0.15, 0.2) is 0 Å². The molecule has 1 heterocycles. The van der Waals surface area contributed by atoms with Gasteiger partial charge < -0.3 is 0 Å². The number of rotatable bonds is 1. The van der Waals surface area contributed by atoms with Gasteiger partial charge in [-0.2, -0.15) is 0 Å². The van der Waals surface area contributed by atoms with Crippen molar-refractivity contribution in [3.05, 3.63) is 22.9 Å². The fourth-order valence-electron chi connectivity index (χ4n) is 0.696. The van der Waals surface area contributed by atoms with Gasteiger partial charge in [0.05, 0.1) is 0 Å². The molecule has 0 aliphatic carbocycles. The van der Waals surface area contributed by atoms with Crippen LogP contribution in [0.4, 0.5) is 0 Å². The second-order valence-electron chi connectivity index (χ2n) is 2.24. The number of halogens is 4. The van der Waals surface area contributed by atoms with Gasteiger partial charge in [0, 0.05) is 6.20 Å². The normalized spacial score (nSPS) is 12.9. The Hall–Kier alpha value is 1.02. The molecule has 0 spiro atoms. The molecule has 0 aliphatic rings. The van der Waals surface area contributed by atoms with Crippen molar-refractivity contribution in [1.82, 2.24) is 4.98 Å². The number of hydrogen-bond donors (Lipinski definition) is 0. The van der Waals surface area contributed by atoms with Crippen LogP contribution < -0.4 is 0 Å². The Kier molecular flexibility index (Phi) is 4.19. The largest absolute Gasteiger partial charge is 0.248 e. The Bertz CT molecular complexity index is 439. The number of nitrogens with zero attached hydrogens (tertiary/aromatic N) is 1. The highest BCUT2D eigenvalue weighted by atomic mass is 80.0. The van der Waals surface area contributed by atoms with E-state index in [9.17, 15) is 8.42 Å². The van der Waals surface area contributed by atoms with E-state index in [4.69, 9.17) is 0 Å². The Labute approximate surface area is 115 Å². The van der Waals surface area contributed by atoms with Crippen LogP contribution in [0, 0.1) is 0 Å². The second-order valence-corrected chi connectivity index (χ2v) is 13.4. The summed E-state index contributed by atoms with van der Waals surface area (Å²) in [5, 5.41) is 0. The monoisotopic (exact) mass is 469 g/mol. The van der Waals surface area contributed by atoms with Gasteiger partial charge in [-0.15, -0.1) is 0 Å². The van der Waals surface area contributed by atoms with Crippen LogP contribution in [0.2, 0.25) is 0 Å². The zero-order chi connectivity index (χ0) is 11.0. The molecule has 0 aliphatic heterocycles. The molecule has 1 rings (SSSR count). The van der Waals surface area contributed by atoms with Crippen LogP contribution in [0.1, 0.15) is 0 Å².